The number of nitrogens with zero attached hydrogens (tertiary/aromatic N) is 3. The summed E-state index contributed by atoms with van der Waals surface area (Å²) in [5.41, 5.74) is 3.63. The number of carbonyl (C=O) groups is 1. The second-order valence-corrected chi connectivity index (χ2v) is 8.21. The van der Waals surface area contributed by atoms with Crippen molar-refractivity contribution in [1.29, 1.82) is 0 Å². The number of benzene rings is 1. The van der Waals surface area contributed by atoms with Crippen LogP contribution in [-0.2, 0) is 12.8 Å². The molecule has 0 amide bonds. The van der Waals surface area contributed by atoms with Gasteiger partial charge in [-0.25, -0.2) is 0 Å². The first-order valence-corrected chi connectivity index (χ1v) is 10.0. The molecule has 5 rings (SSSR count). The van der Waals surface area contributed by atoms with Crippen molar-refractivity contribution in [3.8, 4) is 0 Å². The lowest BCUT2D eigenvalue weighted by Crippen LogP contribution is -2.06. The van der Waals surface area contributed by atoms with E-state index in [9.17, 15) is 4.79 Å². The van der Waals surface area contributed by atoms with Gasteiger partial charge in [-0.1, -0.05) is 23.9 Å². The van der Waals surface area contributed by atoms with Gasteiger partial charge in [-0.2, -0.15) is 0 Å². The second kappa shape index (κ2) is 5.73. The number of carbonyl (C=O) groups excluding carboxylic acids is 1. The predicted molar refractivity (Wildman–Crippen MR) is 93.8 cm³/mol. The number of hydrogen-bond acceptors (Lipinski definition) is 4. The lowest BCUT2D eigenvalue weighted by atomic mass is 10.0. The molecule has 0 N–H and O–H groups in total. The van der Waals surface area contributed by atoms with Crippen molar-refractivity contribution in [1.82, 2.24) is 14.8 Å². The van der Waals surface area contributed by atoms with Crippen molar-refractivity contribution in [3.05, 3.63) is 40.7 Å². The summed E-state index contributed by atoms with van der Waals surface area (Å²) in [5, 5.41) is 9.74. The minimum Gasteiger partial charge on any atom is -0.303 e. The van der Waals surface area contributed by atoms with Gasteiger partial charge in [0.05, 0.1) is 5.75 Å². The zero-order valence-corrected chi connectivity index (χ0v) is 14.5. The molecule has 0 atom stereocenters. The molecule has 3 aliphatic rings. The molecule has 124 valence electrons. The van der Waals surface area contributed by atoms with Crippen LogP contribution in [0.1, 0.15) is 71.4 Å². The van der Waals surface area contributed by atoms with Crippen LogP contribution < -0.4 is 0 Å². The van der Waals surface area contributed by atoms with E-state index in [1.807, 2.05) is 6.07 Å². The summed E-state index contributed by atoms with van der Waals surface area (Å²) in [4.78, 5) is 12.6. The van der Waals surface area contributed by atoms with Gasteiger partial charge >= 0.3 is 0 Å². The Morgan fingerprint density at radius 1 is 1.12 bits per heavy atom. The van der Waals surface area contributed by atoms with E-state index in [2.05, 4.69) is 26.9 Å². The van der Waals surface area contributed by atoms with Crippen LogP contribution in [0.15, 0.2) is 23.4 Å². The molecular formula is C19H21N3OS. The number of hydrogen-bond donors (Lipinski definition) is 0. The molecule has 2 saturated carbocycles. The van der Waals surface area contributed by atoms with Gasteiger partial charge in [0, 0.05) is 17.5 Å². The van der Waals surface area contributed by atoms with Crippen molar-refractivity contribution in [2.75, 3.05) is 5.75 Å². The highest BCUT2D eigenvalue weighted by Crippen LogP contribution is 2.46. The van der Waals surface area contributed by atoms with Crippen molar-refractivity contribution in [2.45, 2.75) is 62.1 Å². The molecule has 1 aromatic heterocycles. The van der Waals surface area contributed by atoms with Gasteiger partial charge in [0.2, 0.25) is 0 Å². The highest BCUT2D eigenvalue weighted by atomic mass is 32.2. The van der Waals surface area contributed by atoms with E-state index in [1.165, 1.54) is 43.2 Å². The van der Waals surface area contributed by atoms with Crippen molar-refractivity contribution in [2.24, 2.45) is 0 Å². The normalized spacial score (nSPS) is 19.5. The average molecular weight is 339 g/mol. The van der Waals surface area contributed by atoms with Crippen LogP contribution in [-0.4, -0.2) is 26.3 Å². The van der Waals surface area contributed by atoms with Gasteiger partial charge in [-0.05, 0) is 62.1 Å². The Labute approximate surface area is 146 Å². The number of aromatic nitrogens is 3. The van der Waals surface area contributed by atoms with Crippen molar-refractivity contribution >= 4 is 17.5 Å². The first-order valence-electron chi connectivity index (χ1n) is 9.02. The van der Waals surface area contributed by atoms with Crippen LogP contribution in [0.3, 0.4) is 0 Å². The fourth-order valence-corrected chi connectivity index (χ4v) is 4.55. The molecule has 5 heteroatoms. The lowest BCUT2D eigenvalue weighted by Gasteiger charge is -2.08. The molecule has 0 saturated heterocycles. The fourth-order valence-electron chi connectivity index (χ4n) is 3.64. The molecule has 3 aliphatic carbocycles. The molecule has 1 heterocycles. The Balaban J connectivity index is 1.31. The Bertz CT molecular complexity index is 805. The van der Waals surface area contributed by atoms with Crippen LogP contribution in [0, 0.1) is 0 Å². The van der Waals surface area contributed by atoms with Crippen molar-refractivity contribution < 1.29 is 4.79 Å². The molecule has 0 unspecified atom stereocenters. The van der Waals surface area contributed by atoms with E-state index < -0.39 is 0 Å². The van der Waals surface area contributed by atoms with Gasteiger partial charge in [-0.15, -0.1) is 10.2 Å². The summed E-state index contributed by atoms with van der Waals surface area (Å²) in [6, 6.07) is 6.81. The monoisotopic (exact) mass is 339 g/mol. The molecule has 0 aliphatic heterocycles. The summed E-state index contributed by atoms with van der Waals surface area (Å²) < 4.78 is 2.32. The average Bonchev–Trinajstić information content (AvgIpc) is 3.53. The van der Waals surface area contributed by atoms with Gasteiger partial charge in [0.25, 0.3) is 0 Å². The van der Waals surface area contributed by atoms with Crippen LogP contribution in [0.25, 0.3) is 0 Å². The van der Waals surface area contributed by atoms with E-state index in [-0.39, 0.29) is 5.78 Å². The van der Waals surface area contributed by atoms with Gasteiger partial charge in [0.15, 0.2) is 10.9 Å². The third-order valence-corrected chi connectivity index (χ3v) is 6.24. The third kappa shape index (κ3) is 2.69. The van der Waals surface area contributed by atoms with E-state index in [4.69, 9.17) is 0 Å². The first-order chi connectivity index (χ1) is 11.8. The Morgan fingerprint density at radius 2 is 1.96 bits per heavy atom. The maximum Gasteiger partial charge on any atom is 0.191 e. The SMILES string of the molecule is O=C(CSc1nnc(C2CC2)n1C1CC1)c1ccc2c(c1)CCC2. The van der Waals surface area contributed by atoms with Gasteiger partial charge < -0.3 is 4.57 Å². The predicted octanol–water partition coefficient (Wildman–Crippen LogP) is 3.95. The summed E-state index contributed by atoms with van der Waals surface area (Å²) in [5.74, 6) is 2.42. The maximum atomic E-state index is 12.6. The standard InChI is InChI=1S/C19H21N3OS/c23-17(15-7-4-12-2-1-3-14(12)10-15)11-24-19-21-20-18(13-5-6-13)22(19)16-8-9-16/h4,7,10,13,16H,1-3,5-6,8-9,11H2. The number of Topliss-reactive ketones (excluding diaryl/α,β-unsaturated/α-hetero) is 1. The summed E-state index contributed by atoms with van der Waals surface area (Å²) in [6.07, 6.45) is 8.43. The van der Waals surface area contributed by atoms with Gasteiger partial charge in [0.1, 0.15) is 5.82 Å². The smallest absolute Gasteiger partial charge is 0.191 e. The van der Waals surface area contributed by atoms with Crippen LogP contribution in [0.5, 0.6) is 0 Å². The van der Waals surface area contributed by atoms with E-state index >= 15 is 0 Å². The summed E-state index contributed by atoms with van der Waals surface area (Å²) in [7, 11) is 0. The minimum atomic E-state index is 0.202. The number of ketones is 1. The Morgan fingerprint density at radius 3 is 2.75 bits per heavy atom. The molecule has 0 spiro atoms. The zero-order chi connectivity index (χ0) is 16.1. The number of aryl methyl sites for hydroxylation is 2. The number of thioether (sulfide) groups is 1. The Kier molecular flexibility index (Phi) is 3.51. The molecule has 24 heavy (non-hydrogen) atoms. The van der Waals surface area contributed by atoms with Crippen LogP contribution in [0.4, 0.5) is 0 Å². The van der Waals surface area contributed by atoms with E-state index in [0.29, 0.717) is 17.7 Å². The first kappa shape index (κ1) is 14.7. The minimum absolute atomic E-state index is 0.202. The molecule has 2 aromatic rings. The molecule has 4 nitrogen and oxygen atoms in total. The maximum absolute atomic E-state index is 12.6. The fraction of sp³-hybridized carbons (Fsp3) is 0.526. The quantitative estimate of drug-likeness (QED) is 0.590. The largest absolute Gasteiger partial charge is 0.303 e. The summed E-state index contributed by atoms with van der Waals surface area (Å²) >= 11 is 1.56. The Hall–Kier alpha value is -1.62. The molecule has 1 aromatic carbocycles. The molecule has 0 radical (unpaired) electrons. The van der Waals surface area contributed by atoms with Crippen LogP contribution in [0.2, 0.25) is 0 Å². The zero-order valence-electron chi connectivity index (χ0n) is 13.7. The van der Waals surface area contributed by atoms with E-state index in [1.54, 1.807) is 11.8 Å². The topological polar surface area (TPSA) is 47.8 Å². The molecule has 2 fully saturated rings. The van der Waals surface area contributed by atoms with Crippen LogP contribution >= 0.6 is 11.8 Å². The highest BCUT2D eigenvalue weighted by Gasteiger charge is 2.36. The van der Waals surface area contributed by atoms with E-state index in [0.717, 1.165) is 29.4 Å². The summed E-state index contributed by atoms with van der Waals surface area (Å²) in [6.45, 7) is 0. The third-order valence-electron chi connectivity index (χ3n) is 5.30. The second-order valence-electron chi connectivity index (χ2n) is 7.27. The van der Waals surface area contributed by atoms with Gasteiger partial charge in [-0.3, -0.25) is 4.79 Å². The number of fused-ring (bicyclic) bond motifs is 1. The molecule has 0 bridgehead atoms. The van der Waals surface area contributed by atoms with Crippen molar-refractivity contribution in [3.63, 3.8) is 0 Å². The lowest BCUT2D eigenvalue weighted by molar-refractivity contribution is 0.102. The number of rotatable bonds is 6. The molecular weight excluding hydrogens is 318 g/mol. The highest BCUT2D eigenvalue weighted by molar-refractivity contribution is 7.99.